The summed E-state index contributed by atoms with van der Waals surface area (Å²) in [6.45, 7) is 14.0. The van der Waals surface area contributed by atoms with Gasteiger partial charge >= 0.3 is 0 Å². The SMILES string of the molecule is CC(C)(C)C1c2cncc(c2)C1C(C)(C)C. The molecule has 1 nitrogen and oxygen atoms in total. The topological polar surface area (TPSA) is 12.9 Å². The monoisotopic (exact) mass is 217 g/mol. The lowest BCUT2D eigenvalue weighted by Gasteiger charge is -2.40. The number of aromatic nitrogens is 1. The first kappa shape index (κ1) is 11.6. The minimum atomic E-state index is 0.301. The van der Waals surface area contributed by atoms with Crippen molar-refractivity contribution in [3.05, 3.63) is 29.6 Å². The van der Waals surface area contributed by atoms with Crippen LogP contribution in [-0.2, 0) is 0 Å². The molecular weight excluding hydrogens is 194 g/mol. The van der Waals surface area contributed by atoms with Gasteiger partial charge in [0.2, 0.25) is 0 Å². The zero-order valence-corrected chi connectivity index (χ0v) is 11.3. The Labute approximate surface area is 99.3 Å². The third kappa shape index (κ3) is 1.77. The van der Waals surface area contributed by atoms with Crippen LogP contribution >= 0.6 is 0 Å². The summed E-state index contributed by atoms with van der Waals surface area (Å²) >= 11 is 0. The first-order valence-corrected chi connectivity index (χ1v) is 6.16. The Balaban J connectivity index is 2.51. The van der Waals surface area contributed by atoms with E-state index in [0.29, 0.717) is 22.7 Å². The predicted octanol–water partition coefficient (Wildman–Crippen LogP) is 4.35. The van der Waals surface area contributed by atoms with E-state index in [4.69, 9.17) is 0 Å². The smallest absolute Gasteiger partial charge is 0.0303 e. The Morgan fingerprint density at radius 1 is 0.812 bits per heavy atom. The van der Waals surface area contributed by atoms with Gasteiger partial charge in [-0.15, -0.1) is 0 Å². The lowest BCUT2D eigenvalue weighted by atomic mass is 9.64. The Kier molecular flexibility index (Phi) is 2.41. The van der Waals surface area contributed by atoms with E-state index in [1.54, 1.807) is 0 Å². The van der Waals surface area contributed by atoms with E-state index in [2.05, 4.69) is 52.6 Å². The number of nitrogens with zero attached hydrogens (tertiary/aromatic N) is 1. The van der Waals surface area contributed by atoms with Crippen molar-refractivity contribution in [2.45, 2.75) is 53.4 Å². The quantitative estimate of drug-likeness (QED) is 0.629. The fourth-order valence-corrected chi connectivity index (χ4v) is 3.20. The minimum absolute atomic E-state index is 0.301. The van der Waals surface area contributed by atoms with Crippen molar-refractivity contribution in [3.63, 3.8) is 0 Å². The molecule has 0 fully saturated rings. The molecule has 2 unspecified atom stereocenters. The maximum atomic E-state index is 4.37. The van der Waals surface area contributed by atoms with Crippen LogP contribution < -0.4 is 0 Å². The molecule has 0 spiro atoms. The fourth-order valence-electron chi connectivity index (χ4n) is 3.20. The predicted molar refractivity (Wildman–Crippen MR) is 68.6 cm³/mol. The Morgan fingerprint density at radius 3 is 1.50 bits per heavy atom. The van der Waals surface area contributed by atoms with Crippen LogP contribution in [0.15, 0.2) is 18.5 Å². The Morgan fingerprint density at radius 2 is 1.19 bits per heavy atom. The Bertz CT molecular complexity index is 357. The van der Waals surface area contributed by atoms with Crippen molar-refractivity contribution in [1.82, 2.24) is 4.98 Å². The molecule has 0 saturated carbocycles. The number of pyridine rings is 1. The summed E-state index contributed by atoms with van der Waals surface area (Å²) in [6, 6.07) is 2.35. The van der Waals surface area contributed by atoms with Gasteiger partial charge in [-0.3, -0.25) is 4.98 Å². The number of hydrogen-bond donors (Lipinski definition) is 0. The zero-order chi connectivity index (χ0) is 12.1. The molecule has 1 aliphatic rings. The number of hydrogen-bond acceptors (Lipinski definition) is 1. The van der Waals surface area contributed by atoms with Crippen molar-refractivity contribution >= 4 is 0 Å². The van der Waals surface area contributed by atoms with Gasteiger partial charge < -0.3 is 0 Å². The van der Waals surface area contributed by atoms with E-state index < -0.39 is 0 Å². The second-order valence-corrected chi connectivity index (χ2v) is 7.24. The molecule has 1 heteroatoms. The van der Waals surface area contributed by atoms with E-state index in [0.717, 1.165) is 0 Å². The summed E-state index contributed by atoms with van der Waals surface area (Å²) in [5.74, 6) is 1.20. The highest BCUT2D eigenvalue weighted by Crippen LogP contribution is 2.56. The summed E-state index contributed by atoms with van der Waals surface area (Å²) in [6.07, 6.45) is 4.09. The molecule has 0 saturated heterocycles. The molecule has 1 aromatic heterocycles. The molecule has 0 aliphatic heterocycles. The van der Waals surface area contributed by atoms with Crippen LogP contribution in [0.4, 0.5) is 0 Å². The van der Waals surface area contributed by atoms with Crippen LogP contribution in [-0.4, -0.2) is 4.98 Å². The maximum absolute atomic E-state index is 4.37. The van der Waals surface area contributed by atoms with Gasteiger partial charge in [0.1, 0.15) is 0 Å². The van der Waals surface area contributed by atoms with Crippen molar-refractivity contribution in [1.29, 1.82) is 0 Å². The highest BCUT2D eigenvalue weighted by atomic mass is 14.7. The highest BCUT2D eigenvalue weighted by Gasteiger charge is 2.44. The van der Waals surface area contributed by atoms with Crippen LogP contribution in [0.25, 0.3) is 0 Å². The molecule has 0 amide bonds. The molecule has 2 atom stereocenters. The second-order valence-electron chi connectivity index (χ2n) is 7.24. The largest absolute Gasteiger partial charge is 0.264 e. The summed E-state index contributed by atoms with van der Waals surface area (Å²) in [4.78, 5) is 4.37. The molecule has 88 valence electrons. The molecule has 0 aromatic carbocycles. The van der Waals surface area contributed by atoms with Crippen molar-refractivity contribution in [3.8, 4) is 0 Å². The second kappa shape index (κ2) is 3.32. The molecule has 2 rings (SSSR count). The van der Waals surface area contributed by atoms with Crippen LogP contribution in [0.2, 0.25) is 0 Å². The van der Waals surface area contributed by atoms with Crippen LogP contribution in [0.3, 0.4) is 0 Å². The van der Waals surface area contributed by atoms with Gasteiger partial charge in [-0.1, -0.05) is 47.6 Å². The maximum Gasteiger partial charge on any atom is 0.0303 e. The van der Waals surface area contributed by atoms with Crippen LogP contribution in [0.1, 0.15) is 64.5 Å². The standard InChI is InChI=1S/C15H23N/c1-14(2,3)12-10-7-11(9-16-8-10)13(12)15(4,5)6/h7-9,12-13H,1-6H3. The van der Waals surface area contributed by atoms with Crippen LogP contribution in [0, 0.1) is 10.8 Å². The third-order valence-electron chi connectivity index (χ3n) is 3.70. The lowest BCUT2D eigenvalue weighted by molar-refractivity contribution is 0.196. The average molecular weight is 217 g/mol. The van der Waals surface area contributed by atoms with Gasteiger partial charge in [-0.2, -0.15) is 0 Å². The molecule has 16 heavy (non-hydrogen) atoms. The summed E-state index contributed by atoms with van der Waals surface area (Å²) in [5.41, 5.74) is 3.45. The molecule has 0 N–H and O–H groups in total. The third-order valence-corrected chi connectivity index (χ3v) is 3.70. The van der Waals surface area contributed by atoms with E-state index in [-0.39, 0.29) is 0 Å². The van der Waals surface area contributed by atoms with Crippen molar-refractivity contribution < 1.29 is 0 Å². The van der Waals surface area contributed by atoms with Gasteiger partial charge in [-0.25, -0.2) is 0 Å². The molecule has 0 radical (unpaired) electrons. The number of rotatable bonds is 0. The lowest BCUT2D eigenvalue weighted by Crippen LogP contribution is -2.29. The minimum Gasteiger partial charge on any atom is -0.264 e. The summed E-state index contributed by atoms with van der Waals surface area (Å²) in [7, 11) is 0. The first-order chi connectivity index (χ1) is 7.21. The van der Waals surface area contributed by atoms with Crippen molar-refractivity contribution in [2.24, 2.45) is 10.8 Å². The number of fused-ring (bicyclic) bond motifs is 2. The van der Waals surface area contributed by atoms with E-state index >= 15 is 0 Å². The molecule has 1 heterocycles. The van der Waals surface area contributed by atoms with Gasteiger partial charge in [0.25, 0.3) is 0 Å². The molecule has 1 aliphatic carbocycles. The Hall–Kier alpha value is -0.850. The van der Waals surface area contributed by atoms with Gasteiger partial charge in [0, 0.05) is 12.4 Å². The molecular formula is C15H23N. The normalized spacial score (nSPS) is 24.9. The zero-order valence-electron chi connectivity index (χ0n) is 11.3. The summed E-state index contributed by atoms with van der Waals surface area (Å²) in [5, 5.41) is 0. The first-order valence-electron chi connectivity index (χ1n) is 6.16. The van der Waals surface area contributed by atoms with E-state index in [1.165, 1.54) is 11.1 Å². The van der Waals surface area contributed by atoms with Gasteiger partial charge in [-0.05, 0) is 33.8 Å². The van der Waals surface area contributed by atoms with Gasteiger partial charge in [0.05, 0.1) is 0 Å². The average Bonchev–Trinajstić information content (AvgIpc) is 2.35. The van der Waals surface area contributed by atoms with Crippen LogP contribution in [0.5, 0.6) is 0 Å². The molecule has 2 bridgehead atoms. The van der Waals surface area contributed by atoms with E-state index in [1.807, 2.05) is 12.4 Å². The molecule has 1 aromatic rings. The van der Waals surface area contributed by atoms with E-state index in [9.17, 15) is 0 Å². The van der Waals surface area contributed by atoms with Gasteiger partial charge in [0.15, 0.2) is 0 Å². The summed E-state index contributed by atoms with van der Waals surface area (Å²) < 4.78 is 0. The highest BCUT2D eigenvalue weighted by molar-refractivity contribution is 5.38. The fraction of sp³-hybridized carbons (Fsp3) is 0.667. The van der Waals surface area contributed by atoms with Crippen molar-refractivity contribution in [2.75, 3.05) is 0 Å².